The Bertz CT molecular complexity index is 615. The van der Waals surface area contributed by atoms with Crippen molar-refractivity contribution in [1.82, 2.24) is 5.32 Å². The molecule has 5 atom stereocenters. The SMILES string of the molecule is C[C@]1(CCN=C=S)C(=O)N[C@@]2([C@@H](O)[C@@H]3C=CCCC3)C(=O)O[C@H]21. The molecule has 2 fully saturated rings. The van der Waals surface area contributed by atoms with E-state index in [1.807, 2.05) is 12.2 Å². The molecule has 124 valence electrons. The number of esters is 1. The van der Waals surface area contributed by atoms with Crippen molar-refractivity contribution < 1.29 is 19.4 Å². The highest BCUT2D eigenvalue weighted by Gasteiger charge is 2.76. The summed E-state index contributed by atoms with van der Waals surface area (Å²) in [6.45, 7) is 2.07. The van der Waals surface area contributed by atoms with Gasteiger partial charge in [-0.05, 0) is 44.8 Å². The minimum atomic E-state index is -1.33. The van der Waals surface area contributed by atoms with E-state index in [0.717, 1.165) is 19.3 Å². The molecule has 23 heavy (non-hydrogen) atoms. The van der Waals surface area contributed by atoms with Crippen LogP contribution in [0.5, 0.6) is 0 Å². The summed E-state index contributed by atoms with van der Waals surface area (Å²) in [5.74, 6) is -0.989. The molecule has 0 unspecified atom stereocenters. The lowest BCUT2D eigenvalue weighted by molar-refractivity contribution is -0.214. The molecule has 0 saturated carbocycles. The van der Waals surface area contributed by atoms with Crippen molar-refractivity contribution in [1.29, 1.82) is 0 Å². The quantitative estimate of drug-likeness (QED) is 0.338. The Labute approximate surface area is 140 Å². The van der Waals surface area contributed by atoms with E-state index in [4.69, 9.17) is 4.74 Å². The third-order valence-corrected chi connectivity index (χ3v) is 5.49. The number of carbonyl (C=O) groups is 2. The van der Waals surface area contributed by atoms with E-state index in [1.165, 1.54) is 0 Å². The number of nitrogens with zero attached hydrogens (tertiary/aromatic N) is 1. The third-order valence-electron chi connectivity index (χ3n) is 5.37. The van der Waals surface area contributed by atoms with Crippen LogP contribution in [-0.2, 0) is 14.3 Å². The van der Waals surface area contributed by atoms with Crippen LogP contribution in [0.2, 0.25) is 0 Å². The molecule has 2 saturated heterocycles. The molecule has 2 N–H and O–H groups in total. The number of hydrogen-bond donors (Lipinski definition) is 2. The number of thiocarbonyl (C=S) groups is 1. The molecule has 1 aliphatic carbocycles. The number of fused-ring (bicyclic) bond motifs is 1. The van der Waals surface area contributed by atoms with Gasteiger partial charge in [0.05, 0.1) is 23.2 Å². The molecule has 2 aliphatic heterocycles. The fraction of sp³-hybridized carbons (Fsp3) is 0.688. The molecule has 1 amide bonds. The number of aliphatic imine (C=N–C) groups is 1. The predicted molar refractivity (Wildman–Crippen MR) is 85.9 cm³/mol. The second-order valence-electron chi connectivity index (χ2n) is 6.72. The van der Waals surface area contributed by atoms with Crippen molar-refractivity contribution >= 4 is 29.3 Å². The number of ether oxygens (including phenoxy) is 1. The highest BCUT2D eigenvalue weighted by atomic mass is 32.1. The van der Waals surface area contributed by atoms with Gasteiger partial charge in [0.15, 0.2) is 6.10 Å². The molecule has 7 heteroatoms. The van der Waals surface area contributed by atoms with Gasteiger partial charge in [-0.25, -0.2) is 9.79 Å². The van der Waals surface area contributed by atoms with Crippen molar-refractivity contribution in [3.63, 3.8) is 0 Å². The Morgan fingerprint density at radius 2 is 2.39 bits per heavy atom. The van der Waals surface area contributed by atoms with Crippen LogP contribution in [0, 0.1) is 11.3 Å². The van der Waals surface area contributed by atoms with Crippen LogP contribution >= 0.6 is 12.2 Å². The van der Waals surface area contributed by atoms with Crippen LogP contribution < -0.4 is 5.32 Å². The maximum atomic E-state index is 12.5. The van der Waals surface area contributed by atoms with E-state index in [2.05, 4.69) is 27.7 Å². The number of aliphatic hydroxyl groups excluding tert-OH is 1. The molecule has 3 aliphatic rings. The van der Waals surface area contributed by atoms with E-state index in [1.54, 1.807) is 6.92 Å². The molecule has 0 aromatic carbocycles. The summed E-state index contributed by atoms with van der Waals surface area (Å²) in [6, 6.07) is 0. The van der Waals surface area contributed by atoms with Gasteiger partial charge < -0.3 is 15.2 Å². The number of isothiocyanates is 1. The van der Waals surface area contributed by atoms with Crippen LogP contribution in [0.15, 0.2) is 17.1 Å². The molecule has 3 rings (SSSR count). The van der Waals surface area contributed by atoms with Gasteiger partial charge in [-0.2, -0.15) is 0 Å². The maximum Gasteiger partial charge on any atom is 0.339 e. The van der Waals surface area contributed by atoms with E-state index in [9.17, 15) is 14.7 Å². The first-order valence-corrected chi connectivity index (χ1v) is 8.29. The summed E-state index contributed by atoms with van der Waals surface area (Å²) >= 11 is 4.54. The van der Waals surface area contributed by atoms with Crippen molar-refractivity contribution in [2.75, 3.05) is 6.54 Å². The monoisotopic (exact) mass is 336 g/mol. The second kappa shape index (κ2) is 5.82. The van der Waals surface area contributed by atoms with Crippen molar-refractivity contribution in [3.05, 3.63) is 12.2 Å². The third kappa shape index (κ3) is 2.26. The highest BCUT2D eigenvalue weighted by molar-refractivity contribution is 7.78. The minimum absolute atomic E-state index is 0.152. The van der Waals surface area contributed by atoms with E-state index >= 15 is 0 Å². The van der Waals surface area contributed by atoms with E-state index in [0.29, 0.717) is 13.0 Å². The largest absolute Gasteiger partial charge is 0.456 e. The first kappa shape index (κ1) is 16.3. The zero-order valence-electron chi connectivity index (χ0n) is 12.9. The number of nitrogens with one attached hydrogen (secondary N) is 1. The Morgan fingerprint density at radius 3 is 3.00 bits per heavy atom. The Kier molecular flexibility index (Phi) is 4.12. The highest BCUT2D eigenvalue weighted by Crippen LogP contribution is 2.51. The second-order valence-corrected chi connectivity index (χ2v) is 6.90. The van der Waals surface area contributed by atoms with Crippen molar-refractivity contribution in [2.24, 2.45) is 16.3 Å². The lowest BCUT2D eigenvalue weighted by Gasteiger charge is -2.49. The predicted octanol–water partition coefficient (Wildman–Crippen LogP) is 0.997. The van der Waals surface area contributed by atoms with Gasteiger partial charge in [-0.3, -0.25) is 4.79 Å². The Balaban J connectivity index is 1.87. The van der Waals surface area contributed by atoms with Gasteiger partial charge in [0, 0.05) is 5.92 Å². The fourth-order valence-electron chi connectivity index (χ4n) is 3.91. The van der Waals surface area contributed by atoms with Gasteiger partial charge in [-0.15, -0.1) is 0 Å². The smallest absolute Gasteiger partial charge is 0.339 e. The van der Waals surface area contributed by atoms with Gasteiger partial charge >= 0.3 is 5.97 Å². The van der Waals surface area contributed by atoms with Crippen LogP contribution in [0.4, 0.5) is 0 Å². The van der Waals surface area contributed by atoms with Crippen LogP contribution in [0.3, 0.4) is 0 Å². The summed E-state index contributed by atoms with van der Waals surface area (Å²) in [7, 11) is 0. The van der Waals surface area contributed by atoms with Crippen LogP contribution in [0.1, 0.15) is 32.6 Å². The number of hydrogen-bond acceptors (Lipinski definition) is 6. The molecule has 0 radical (unpaired) electrons. The minimum Gasteiger partial charge on any atom is -0.456 e. The Morgan fingerprint density at radius 1 is 1.61 bits per heavy atom. The zero-order valence-corrected chi connectivity index (χ0v) is 13.8. The molecule has 6 nitrogen and oxygen atoms in total. The molecule has 0 aromatic rings. The summed E-state index contributed by atoms with van der Waals surface area (Å²) in [4.78, 5) is 28.6. The van der Waals surface area contributed by atoms with Gasteiger partial charge in [-0.1, -0.05) is 12.2 Å². The summed E-state index contributed by atoms with van der Waals surface area (Å²) in [5, 5.41) is 15.8. The number of carbonyl (C=O) groups excluding carboxylic acids is 2. The topological polar surface area (TPSA) is 88.0 Å². The number of amides is 1. The van der Waals surface area contributed by atoms with Crippen LogP contribution in [-0.4, -0.2) is 46.4 Å². The Hall–Kier alpha value is -1.56. The average Bonchev–Trinajstić information content (AvgIpc) is 2.74. The molecule has 0 spiro atoms. The van der Waals surface area contributed by atoms with E-state index in [-0.39, 0.29) is 11.8 Å². The molecular formula is C16H20N2O4S. The summed E-state index contributed by atoms with van der Waals surface area (Å²) < 4.78 is 5.30. The van der Waals surface area contributed by atoms with Crippen LogP contribution in [0.25, 0.3) is 0 Å². The first-order chi connectivity index (χ1) is 11.0. The summed E-state index contributed by atoms with van der Waals surface area (Å²) in [6.07, 6.45) is 5.40. The first-order valence-electron chi connectivity index (χ1n) is 7.89. The van der Waals surface area contributed by atoms with Crippen molar-refractivity contribution in [3.8, 4) is 0 Å². The zero-order chi connectivity index (χ0) is 16.7. The lowest BCUT2D eigenvalue weighted by atomic mass is 9.67. The van der Waals surface area contributed by atoms with Crippen molar-refractivity contribution in [2.45, 2.75) is 50.4 Å². The molecular weight excluding hydrogens is 316 g/mol. The normalized spacial score (nSPS) is 39.6. The fourth-order valence-corrected chi connectivity index (χ4v) is 4.00. The molecule has 2 heterocycles. The lowest BCUT2D eigenvalue weighted by Crippen LogP contribution is -2.75. The van der Waals surface area contributed by atoms with Gasteiger partial charge in [0.1, 0.15) is 0 Å². The van der Waals surface area contributed by atoms with Gasteiger partial charge in [0.2, 0.25) is 11.4 Å². The average molecular weight is 336 g/mol. The molecule has 0 bridgehead atoms. The van der Waals surface area contributed by atoms with E-state index < -0.39 is 29.1 Å². The standard InChI is InChI=1S/C16H20N2O4S/c1-15(7-8-17-9-23)12-16(14(21)22-12,18-13(15)20)11(19)10-5-3-2-4-6-10/h3,5,10-12,19H,2,4,6-8H2,1H3,(H,18,20)/t10-,11+,12+,15-,16-/m1/s1. The molecule has 0 aromatic heterocycles. The van der Waals surface area contributed by atoms with Gasteiger partial charge in [0.25, 0.3) is 0 Å². The maximum absolute atomic E-state index is 12.5. The number of aliphatic hydroxyl groups is 1. The number of allylic oxidation sites excluding steroid dienone is 1. The number of rotatable bonds is 5. The summed E-state index contributed by atoms with van der Waals surface area (Å²) in [5.41, 5.74) is -2.25.